The van der Waals surface area contributed by atoms with E-state index in [2.05, 4.69) is 28.4 Å². The summed E-state index contributed by atoms with van der Waals surface area (Å²) in [6.45, 7) is 5.37. The molecule has 66 valence electrons. The molecule has 0 saturated carbocycles. The summed E-state index contributed by atoms with van der Waals surface area (Å²) in [6.07, 6.45) is 0.976. The van der Waals surface area contributed by atoms with Gasteiger partial charge < -0.3 is 4.74 Å². The van der Waals surface area contributed by atoms with Crippen LogP contribution in [0.2, 0.25) is 19.1 Å². The van der Waals surface area contributed by atoms with Gasteiger partial charge in [0.15, 0.2) is 0 Å². The molecule has 0 atom stereocenters. The molecule has 0 aromatic heterocycles. The van der Waals surface area contributed by atoms with Crippen LogP contribution in [0, 0.1) is 0 Å². The molecule has 0 aliphatic heterocycles. The molecule has 0 saturated heterocycles. The van der Waals surface area contributed by atoms with Crippen molar-refractivity contribution in [2.45, 2.75) is 32.5 Å². The third-order valence-electron chi connectivity index (χ3n) is 1.22. The van der Waals surface area contributed by atoms with Crippen LogP contribution in [0.4, 0.5) is 0 Å². The van der Waals surface area contributed by atoms with Gasteiger partial charge in [-0.25, -0.2) is 0 Å². The Labute approximate surface area is 76.9 Å². The number of halogens is 1. The summed E-state index contributed by atoms with van der Waals surface area (Å²) >= 11 is 3.64. The number of esters is 1. The van der Waals surface area contributed by atoms with E-state index in [1.807, 2.05) is 0 Å². The van der Waals surface area contributed by atoms with E-state index in [9.17, 15) is 4.79 Å². The van der Waals surface area contributed by atoms with Crippen LogP contribution in [0.15, 0.2) is 0 Å². The number of rotatable bonds is 4. The van der Waals surface area contributed by atoms with Gasteiger partial charge in [-0.3, -0.25) is 4.79 Å². The molecule has 0 spiro atoms. The second-order valence-electron chi connectivity index (χ2n) is 3.16. The average molecular weight is 239 g/mol. The highest BCUT2D eigenvalue weighted by atomic mass is 79.9. The zero-order valence-corrected chi connectivity index (χ0v) is 9.90. The number of carbonyl (C=O) groups excluding carboxylic acids is 1. The van der Waals surface area contributed by atoms with Crippen molar-refractivity contribution in [1.29, 1.82) is 0 Å². The maximum Gasteiger partial charge on any atom is 0.302 e. The molecule has 0 rings (SSSR count). The molecule has 0 bridgehead atoms. The van der Waals surface area contributed by atoms with Gasteiger partial charge in [-0.15, -0.1) is 15.3 Å². The molecule has 0 heterocycles. The number of ether oxygens (including phenoxy) is 1. The van der Waals surface area contributed by atoms with Crippen LogP contribution in [0.5, 0.6) is 0 Å². The van der Waals surface area contributed by atoms with Gasteiger partial charge >= 0.3 is 5.97 Å². The van der Waals surface area contributed by atoms with Gasteiger partial charge in [-0.05, 0) is 12.5 Å². The van der Waals surface area contributed by atoms with Gasteiger partial charge in [0.2, 0.25) is 0 Å². The molecule has 0 aliphatic carbocycles. The van der Waals surface area contributed by atoms with Crippen LogP contribution in [-0.2, 0) is 9.53 Å². The minimum absolute atomic E-state index is 0.181. The fourth-order valence-electron chi connectivity index (χ4n) is 0.708. The summed E-state index contributed by atoms with van der Waals surface area (Å²) in [5.41, 5.74) is 0. The number of hydrogen-bond acceptors (Lipinski definition) is 2. The maximum absolute atomic E-state index is 10.3. The van der Waals surface area contributed by atoms with E-state index in [1.54, 1.807) is 0 Å². The van der Waals surface area contributed by atoms with Crippen molar-refractivity contribution in [3.8, 4) is 0 Å². The van der Waals surface area contributed by atoms with Crippen LogP contribution in [0.1, 0.15) is 13.3 Å². The van der Waals surface area contributed by atoms with E-state index in [0.29, 0.717) is 6.61 Å². The first-order valence-electron chi connectivity index (χ1n) is 3.74. The Morgan fingerprint density at radius 3 is 2.45 bits per heavy atom. The zero-order chi connectivity index (χ0) is 8.91. The first-order chi connectivity index (χ1) is 4.92. The Bertz CT molecular complexity index is 131. The Morgan fingerprint density at radius 1 is 1.55 bits per heavy atom. The predicted molar refractivity (Wildman–Crippen MR) is 52.5 cm³/mol. The normalized spacial score (nSPS) is 11.3. The fourth-order valence-corrected chi connectivity index (χ4v) is 2.53. The smallest absolute Gasteiger partial charge is 0.302 e. The van der Waals surface area contributed by atoms with Crippen LogP contribution in [0.25, 0.3) is 0 Å². The van der Waals surface area contributed by atoms with Crippen molar-refractivity contribution in [3.05, 3.63) is 0 Å². The molecule has 11 heavy (non-hydrogen) atoms. The van der Waals surface area contributed by atoms with Crippen molar-refractivity contribution in [2.24, 2.45) is 0 Å². The summed E-state index contributed by atoms with van der Waals surface area (Å²) in [5, 5.41) is 0. The molecule has 0 aliphatic rings. The van der Waals surface area contributed by atoms with Crippen molar-refractivity contribution < 1.29 is 9.53 Å². The Kier molecular flexibility index (Phi) is 5.00. The van der Waals surface area contributed by atoms with Gasteiger partial charge in [0, 0.05) is 6.92 Å². The van der Waals surface area contributed by atoms with Crippen molar-refractivity contribution in [1.82, 2.24) is 0 Å². The van der Waals surface area contributed by atoms with Gasteiger partial charge in [0.25, 0.3) is 0 Å². The minimum Gasteiger partial charge on any atom is -0.466 e. The third kappa shape index (κ3) is 10.2. The van der Waals surface area contributed by atoms with Crippen molar-refractivity contribution in [2.75, 3.05) is 6.61 Å². The van der Waals surface area contributed by atoms with E-state index in [1.165, 1.54) is 6.92 Å². The lowest BCUT2D eigenvalue weighted by Gasteiger charge is -2.12. The highest BCUT2D eigenvalue weighted by Crippen LogP contribution is 2.18. The van der Waals surface area contributed by atoms with Crippen molar-refractivity contribution >= 4 is 28.0 Å². The molecular weight excluding hydrogens is 224 g/mol. The summed E-state index contributed by atoms with van der Waals surface area (Å²) in [4.78, 5) is 10.3. The SMILES string of the molecule is CC(=O)OCCC[Si](C)(C)Br. The molecule has 0 fully saturated rings. The number of carbonyl (C=O) groups is 1. The molecular formula is C7H15BrO2Si. The highest BCUT2D eigenvalue weighted by Gasteiger charge is 2.14. The second-order valence-corrected chi connectivity index (χ2v) is 13.5. The Hall–Kier alpha value is 0.167. The second kappa shape index (κ2) is 4.93. The van der Waals surface area contributed by atoms with E-state index in [0.717, 1.165) is 12.5 Å². The molecule has 0 amide bonds. The van der Waals surface area contributed by atoms with E-state index in [-0.39, 0.29) is 5.97 Å². The van der Waals surface area contributed by atoms with Crippen LogP contribution in [-0.4, -0.2) is 19.3 Å². The summed E-state index contributed by atoms with van der Waals surface area (Å²) in [5.74, 6) is -0.181. The highest BCUT2D eigenvalue weighted by molar-refractivity contribution is 9.26. The zero-order valence-electron chi connectivity index (χ0n) is 7.32. The quantitative estimate of drug-likeness (QED) is 0.326. The molecule has 0 unspecified atom stereocenters. The van der Waals surface area contributed by atoms with Gasteiger partial charge in [0.05, 0.1) is 6.61 Å². The van der Waals surface area contributed by atoms with Crippen LogP contribution in [0.3, 0.4) is 0 Å². The molecule has 2 nitrogen and oxygen atoms in total. The molecule has 0 radical (unpaired) electrons. The van der Waals surface area contributed by atoms with E-state index in [4.69, 9.17) is 4.74 Å². The molecule has 0 aromatic carbocycles. The lowest BCUT2D eigenvalue weighted by atomic mass is 10.5. The molecule has 0 aromatic rings. The lowest BCUT2D eigenvalue weighted by Crippen LogP contribution is -2.15. The Balaban J connectivity index is 3.22. The third-order valence-corrected chi connectivity index (χ3v) is 3.95. The first-order valence-corrected chi connectivity index (χ1v) is 9.20. The van der Waals surface area contributed by atoms with Gasteiger partial charge in [-0.1, -0.05) is 13.1 Å². The monoisotopic (exact) mass is 238 g/mol. The predicted octanol–water partition coefficient (Wildman–Crippen LogP) is 2.54. The first kappa shape index (κ1) is 11.2. The van der Waals surface area contributed by atoms with Crippen molar-refractivity contribution in [3.63, 3.8) is 0 Å². The van der Waals surface area contributed by atoms with Gasteiger partial charge in [0.1, 0.15) is 6.69 Å². The molecule has 4 heteroatoms. The van der Waals surface area contributed by atoms with Crippen LogP contribution >= 0.6 is 15.3 Å². The fraction of sp³-hybridized carbons (Fsp3) is 0.857. The largest absolute Gasteiger partial charge is 0.466 e. The summed E-state index contributed by atoms with van der Waals surface area (Å²) < 4.78 is 4.80. The maximum atomic E-state index is 10.3. The van der Waals surface area contributed by atoms with E-state index < -0.39 is 6.69 Å². The minimum atomic E-state index is -1.11. The summed E-state index contributed by atoms with van der Waals surface area (Å²) in [6, 6.07) is 1.15. The summed E-state index contributed by atoms with van der Waals surface area (Å²) in [7, 11) is 0. The van der Waals surface area contributed by atoms with Crippen LogP contribution < -0.4 is 0 Å². The molecule has 0 N–H and O–H groups in total. The van der Waals surface area contributed by atoms with E-state index >= 15 is 0 Å². The van der Waals surface area contributed by atoms with Gasteiger partial charge in [-0.2, -0.15) is 0 Å². The average Bonchev–Trinajstić information content (AvgIpc) is 1.78. The Morgan fingerprint density at radius 2 is 2.09 bits per heavy atom. The lowest BCUT2D eigenvalue weighted by molar-refractivity contribution is -0.140. The number of hydrogen-bond donors (Lipinski definition) is 0. The topological polar surface area (TPSA) is 26.3 Å². The standard InChI is InChI=1S/C7H15BrO2Si/c1-7(9)10-5-4-6-11(2,3)8/h4-6H2,1-3H3.